The predicted molar refractivity (Wildman–Crippen MR) is 70.5 cm³/mol. The first-order valence-electron chi connectivity index (χ1n) is 5.78. The second-order valence-corrected chi connectivity index (χ2v) is 4.34. The van der Waals surface area contributed by atoms with Gasteiger partial charge in [0.25, 0.3) is 0 Å². The van der Waals surface area contributed by atoms with Crippen molar-refractivity contribution in [1.29, 1.82) is 0 Å². The van der Waals surface area contributed by atoms with Crippen LogP contribution in [0.3, 0.4) is 0 Å². The molecule has 3 nitrogen and oxygen atoms in total. The number of methoxy groups -OCH3 is 1. The predicted octanol–water partition coefficient (Wildman–Crippen LogP) is 3.02. The summed E-state index contributed by atoms with van der Waals surface area (Å²) in [5.41, 5.74) is 2.13. The van der Waals surface area contributed by atoms with Gasteiger partial charge in [-0.2, -0.15) is 0 Å². The zero-order valence-electron chi connectivity index (χ0n) is 10.9. The normalized spacial score (nSPS) is 12.0. The molecule has 0 saturated carbocycles. The Bertz CT molecular complexity index is 395. The van der Waals surface area contributed by atoms with Gasteiger partial charge in [-0.3, -0.25) is 0 Å². The van der Waals surface area contributed by atoms with E-state index < -0.39 is 0 Å². The van der Waals surface area contributed by atoms with E-state index in [2.05, 4.69) is 25.2 Å². The fraction of sp³-hybridized carbons (Fsp3) is 0.429. The maximum absolute atomic E-state index is 9.80. The molecule has 0 saturated heterocycles. The molecule has 1 rings (SSSR count). The number of rotatable bonds is 5. The van der Waals surface area contributed by atoms with Crippen LogP contribution < -0.4 is 10.1 Å². The first kappa shape index (κ1) is 13.6. The van der Waals surface area contributed by atoms with Gasteiger partial charge < -0.3 is 15.2 Å². The molecule has 0 aromatic heterocycles. The summed E-state index contributed by atoms with van der Waals surface area (Å²) in [6.45, 7) is 6.94. The molecule has 0 aliphatic rings. The van der Waals surface area contributed by atoms with E-state index in [0.29, 0.717) is 5.75 Å². The van der Waals surface area contributed by atoms with Crippen LogP contribution in [0.4, 0.5) is 0 Å². The molecule has 0 aliphatic carbocycles. The van der Waals surface area contributed by atoms with Gasteiger partial charge in [-0.15, -0.1) is 0 Å². The number of ether oxygens (including phenoxy) is 1. The lowest BCUT2D eigenvalue weighted by atomic mass is 10.1. The van der Waals surface area contributed by atoms with Gasteiger partial charge in [-0.1, -0.05) is 11.6 Å². The molecule has 17 heavy (non-hydrogen) atoms. The summed E-state index contributed by atoms with van der Waals surface area (Å²) in [5.74, 6) is 1.05. The van der Waals surface area contributed by atoms with Crippen LogP contribution in [0.25, 0.3) is 0 Å². The highest BCUT2D eigenvalue weighted by Gasteiger charge is 2.10. The smallest absolute Gasteiger partial charge is 0.120 e. The van der Waals surface area contributed by atoms with Crippen molar-refractivity contribution in [2.45, 2.75) is 26.8 Å². The molecule has 0 fully saturated rings. The Balaban J connectivity index is 2.73. The minimum Gasteiger partial charge on any atom is -0.508 e. The lowest BCUT2D eigenvalue weighted by molar-refractivity contribution is 0.408. The van der Waals surface area contributed by atoms with Gasteiger partial charge >= 0.3 is 0 Å². The van der Waals surface area contributed by atoms with Crippen molar-refractivity contribution in [3.8, 4) is 11.5 Å². The summed E-state index contributed by atoms with van der Waals surface area (Å²) in [6, 6.07) is 5.35. The zero-order chi connectivity index (χ0) is 12.8. The second kappa shape index (κ2) is 6.30. The molecule has 3 heteroatoms. The Morgan fingerprint density at radius 2 is 2.18 bits per heavy atom. The van der Waals surface area contributed by atoms with E-state index >= 15 is 0 Å². The van der Waals surface area contributed by atoms with Crippen LogP contribution in [-0.2, 0) is 0 Å². The SMILES string of the molecule is COc1ccc(O)c(C(C)NCC=C(C)C)c1. The monoisotopic (exact) mass is 235 g/mol. The topological polar surface area (TPSA) is 41.5 Å². The number of phenolic OH excluding ortho intramolecular Hbond substituents is 1. The van der Waals surface area contributed by atoms with Crippen molar-refractivity contribution >= 4 is 0 Å². The van der Waals surface area contributed by atoms with Crippen LogP contribution in [0.5, 0.6) is 11.5 Å². The van der Waals surface area contributed by atoms with Crippen LogP contribution in [0.2, 0.25) is 0 Å². The molecule has 1 atom stereocenters. The number of phenols is 1. The Kier molecular flexibility index (Phi) is 5.04. The fourth-order valence-electron chi connectivity index (χ4n) is 1.56. The van der Waals surface area contributed by atoms with E-state index in [1.807, 2.05) is 13.0 Å². The maximum Gasteiger partial charge on any atom is 0.120 e. The molecule has 0 amide bonds. The zero-order valence-corrected chi connectivity index (χ0v) is 10.9. The summed E-state index contributed by atoms with van der Waals surface area (Å²) in [4.78, 5) is 0. The molecule has 1 aromatic carbocycles. The van der Waals surface area contributed by atoms with E-state index in [0.717, 1.165) is 17.9 Å². The quantitative estimate of drug-likeness (QED) is 0.771. The van der Waals surface area contributed by atoms with Gasteiger partial charge in [0.1, 0.15) is 11.5 Å². The van der Waals surface area contributed by atoms with E-state index in [-0.39, 0.29) is 6.04 Å². The Morgan fingerprint density at radius 1 is 1.47 bits per heavy atom. The van der Waals surface area contributed by atoms with E-state index in [4.69, 9.17) is 4.74 Å². The third kappa shape index (κ3) is 4.11. The number of nitrogens with one attached hydrogen (secondary N) is 1. The van der Waals surface area contributed by atoms with Crippen molar-refractivity contribution in [2.24, 2.45) is 0 Å². The van der Waals surface area contributed by atoms with E-state index in [1.54, 1.807) is 19.2 Å². The molecular formula is C14H21NO2. The average Bonchev–Trinajstić information content (AvgIpc) is 2.29. The van der Waals surface area contributed by atoms with Crippen LogP contribution in [0, 0.1) is 0 Å². The third-order valence-electron chi connectivity index (χ3n) is 2.64. The molecular weight excluding hydrogens is 214 g/mol. The summed E-state index contributed by atoms with van der Waals surface area (Å²) in [6.07, 6.45) is 2.12. The first-order chi connectivity index (χ1) is 8.04. The molecule has 0 bridgehead atoms. The molecule has 1 aromatic rings. The summed E-state index contributed by atoms with van der Waals surface area (Å²) >= 11 is 0. The van der Waals surface area contributed by atoms with Crippen LogP contribution >= 0.6 is 0 Å². The molecule has 1 unspecified atom stereocenters. The molecule has 2 N–H and O–H groups in total. The Hall–Kier alpha value is -1.48. The average molecular weight is 235 g/mol. The van der Waals surface area contributed by atoms with E-state index in [9.17, 15) is 5.11 Å². The van der Waals surface area contributed by atoms with Crippen molar-refractivity contribution < 1.29 is 9.84 Å². The Labute approximate surface area is 103 Å². The minimum atomic E-state index is 0.0840. The number of hydrogen-bond acceptors (Lipinski definition) is 3. The number of benzene rings is 1. The molecule has 94 valence electrons. The summed E-state index contributed by atoms with van der Waals surface area (Å²) < 4.78 is 5.15. The minimum absolute atomic E-state index is 0.0840. The second-order valence-electron chi connectivity index (χ2n) is 4.34. The van der Waals surface area contributed by atoms with Gasteiger partial charge in [0.15, 0.2) is 0 Å². The van der Waals surface area contributed by atoms with E-state index in [1.165, 1.54) is 5.57 Å². The lowest BCUT2D eigenvalue weighted by Gasteiger charge is -2.15. The standard InChI is InChI=1S/C14H21NO2/c1-10(2)7-8-15-11(3)13-9-12(17-4)5-6-14(13)16/h5-7,9,11,15-16H,8H2,1-4H3. The van der Waals surface area contributed by atoms with Crippen molar-refractivity contribution in [3.63, 3.8) is 0 Å². The fourth-order valence-corrected chi connectivity index (χ4v) is 1.56. The van der Waals surface area contributed by atoms with Gasteiger partial charge in [0.05, 0.1) is 7.11 Å². The molecule has 0 aliphatic heterocycles. The van der Waals surface area contributed by atoms with Crippen LogP contribution in [-0.4, -0.2) is 18.8 Å². The molecule has 0 spiro atoms. The summed E-state index contributed by atoms with van der Waals surface area (Å²) in [7, 11) is 1.62. The van der Waals surface area contributed by atoms with Crippen molar-refractivity contribution in [1.82, 2.24) is 5.32 Å². The highest BCUT2D eigenvalue weighted by Crippen LogP contribution is 2.28. The van der Waals surface area contributed by atoms with Crippen LogP contribution in [0.1, 0.15) is 32.4 Å². The first-order valence-corrected chi connectivity index (χ1v) is 5.78. The lowest BCUT2D eigenvalue weighted by Crippen LogP contribution is -2.18. The van der Waals surface area contributed by atoms with Gasteiger partial charge in [0.2, 0.25) is 0 Å². The van der Waals surface area contributed by atoms with Crippen LogP contribution in [0.15, 0.2) is 29.8 Å². The maximum atomic E-state index is 9.80. The van der Waals surface area contributed by atoms with Crippen molar-refractivity contribution in [2.75, 3.05) is 13.7 Å². The molecule has 0 radical (unpaired) electrons. The van der Waals surface area contributed by atoms with Gasteiger partial charge in [0, 0.05) is 18.2 Å². The summed E-state index contributed by atoms with van der Waals surface area (Å²) in [5, 5.41) is 13.1. The highest BCUT2D eigenvalue weighted by molar-refractivity contribution is 5.41. The number of hydrogen-bond donors (Lipinski definition) is 2. The van der Waals surface area contributed by atoms with Gasteiger partial charge in [-0.05, 0) is 39.0 Å². The van der Waals surface area contributed by atoms with Gasteiger partial charge in [-0.25, -0.2) is 0 Å². The third-order valence-corrected chi connectivity index (χ3v) is 2.64. The Morgan fingerprint density at radius 3 is 2.76 bits per heavy atom. The van der Waals surface area contributed by atoms with Crippen molar-refractivity contribution in [3.05, 3.63) is 35.4 Å². The highest BCUT2D eigenvalue weighted by atomic mass is 16.5. The number of aromatic hydroxyl groups is 1. The number of allylic oxidation sites excluding steroid dienone is 1. The largest absolute Gasteiger partial charge is 0.508 e. The molecule has 0 heterocycles.